The van der Waals surface area contributed by atoms with Crippen LogP contribution in [0.3, 0.4) is 0 Å². The number of thiazole rings is 1. The van der Waals surface area contributed by atoms with Gasteiger partial charge < -0.3 is 5.32 Å². The number of aromatic nitrogens is 1. The molecule has 0 aliphatic carbocycles. The molecule has 0 aliphatic heterocycles. The molecule has 1 amide bonds. The van der Waals surface area contributed by atoms with Gasteiger partial charge >= 0.3 is 0 Å². The van der Waals surface area contributed by atoms with Crippen LogP contribution in [-0.4, -0.2) is 31.3 Å². The SMILES string of the molecule is CSc1nc2ccc(NC(=O)CCS(=O)(=O)c3ccc(F)cc3)cc2s1. The maximum atomic E-state index is 12.9. The first-order valence-electron chi connectivity index (χ1n) is 7.60. The normalized spacial score (nSPS) is 11.6. The highest BCUT2D eigenvalue weighted by Crippen LogP contribution is 2.30. The number of halogens is 1. The average Bonchev–Trinajstić information content (AvgIpc) is 3.03. The van der Waals surface area contributed by atoms with Crippen molar-refractivity contribution in [2.24, 2.45) is 0 Å². The number of carbonyl (C=O) groups is 1. The van der Waals surface area contributed by atoms with Crippen molar-refractivity contribution in [3.63, 3.8) is 0 Å². The van der Waals surface area contributed by atoms with E-state index in [0.717, 1.165) is 26.7 Å². The summed E-state index contributed by atoms with van der Waals surface area (Å²) in [4.78, 5) is 16.5. The van der Waals surface area contributed by atoms with E-state index in [4.69, 9.17) is 0 Å². The largest absolute Gasteiger partial charge is 0.326 e. The van der Waals surface area contributed by atoms with Crippen LogP contribution >= 0.6 is 23.1 Å². The fraction of sp³-hybridized carbons (Fsp3) is 0.176. The molecular formula is C17H15FN2O3S3. The van der Waals surface area contributed by atoms with Gasteiger partial charge in [0.1, 0.15) is 5.82 Å². The van der Waals surface area contributed by atoms with E-state index in [-0.39, 0.29) is 17.1 Å². The Morgan fingerprint density at radius 3 is 2.65 bits per heavy atom. The van der Waals surface area contributed by atoms with Crippen molar-refractivity contribution in [2.45, 2.75) is 15.7 Å². The summed E-state index contributed by atoms with van der Waals surface area (Å²) in [5.74, 6) is -1.25. The molecule has 0 atom stereocenters. The lowest BCUT2D eigenvalue weighted by molar-refractivity contribution is -0.115. The summed E-state index contributed by atoms with van der Waals surface area (Å²) < 4.78 is 39.2. The minimum Gasteiger partial charge on any atom is -0.326 e. The van der Waals surface area contributed by atoms with E-state index < -0.39 is 21.6 Å². The molecule has 1 aromatic heterocycles. The molecule has 0 spiro atoms. The summed E-state index contributed by atoms with van der Waals surface area (Å²) in [6.45, 7) is 0. The Morgan fingerprint density at radius 2 is 1.96 bits per heavy atom. The molecule has 3 rings (SSSR count). The molecule has 136 valence electrons. The fourth-order valence-corrected chi connectivity index (χ4v) is 5.05. The van der Waals surface area contributed by atoms with Crippen LogP contribution in [0.15, 0.2) is 51.7 Å². The third-order valence-corrected chi connectivity index (χ3v) is 7.33. The van der Waals surface area contributed by atoms with E-state index in [0.29, 0.717) is 5.69 Å². The number of carbonyl (C=O) groups excluding carboxylic acids is 1. The molecule has 1 N–H and O–H groups in total. The van der Waals surface area contributed by atoms with Crippen LogP contribution in [0.5, 0.6) is 0 Å². The lowest BCUT2D eigenvalue weighted by Crippen LogP contribution is -2.17. The van der Waals surface area contributed by atoms with Crippen molar-refractivity contribution in [1.29, 1.82) is 0 Å². The molecule has 9 heteroatoms. The van der Waals surface area contributed by atoms with Crippen LogP contribution in [-0.2, 0) is 14.6 Å². The third kappa shape index (κ3) is 4.40. The summed E-state index contributed by atoms with van der Waals surface area (Å²) in [6.07, 6.45) is 1.76. The quantitative estimate of drug-likeness (QED) is 0.492. The molecular weight excluding hydrogens is 395 g/mol. The van der Waals surface area contributed by atoms with Gasteiger partial charge in [-0.25, -0.2) is 17.8 Å². The smallest absolute Gasteiger partial charge is 0.225 e. The molecule has 0 bridgehead atoms. The summed E-state index contributed by atoms with van der Waals surface area (Å²) in [5.41, 5.74) is 1.45. The highest BCUT2D eigenvalue weighted by Gasteiger charge is 2.17. The molecule has 0 fully saturated rings. The van der Waals surface area contributed by atoms with Gasteiger partial charge in [-0.05, 0) is 48.7 Å². The molecule has 5 nitrogen and oxygen atoms in total. The van der Waals surface area contributed by atoms with Gasteiger partial charge in [0.25, 0.3) is 0 Å². The van der Waals surface area contributed by atoms with Crippen molar-refractivity contribution < 1.29 is 17.6 Å². The van der Waals surface area contributed by atoms with Crippen LogP contribution < -0.4 is 5.32 Å². The number of fused-ring (bicyclic) bond motifs is 1. The Labute approximate surface area is 158 Å². The third-order valence-electron chi connectivity index (χ3n) is 3.60. The number of nitrogens with one attached hydrogen (secondary N) is 1. The maximum absolute atomic E-state index is 12.9. The van der Waals surface area contributed by atoms with Crippen molar-refractivity contribution in [3.05, 3.63) is 48.3 Å². The number of rotatable bonds is 6. The lowest BCUT2D eigenvalue weighted by Gasteiger charge is -2.06. The number of amides is 1. The topological polar surface area (TPSA) is 76.1 Å². The van der Waals surface area contributed by atoms with Crippen LogP contribution in [0, 0.1) is 5.82 Å². The molecule has 2 aromatic carbocycles. The molecule has 0 saturated carbocycles. The van der Waals surface area contributed by atoms with Gasteiger partial charge in [0.05, 0.1) is 20.9 Å². The Kier molecular flexibility index (Phi) is 5.59. The van der Waals surface area contributed by atoms with E-state index in [1.54, 1.807) is 17.8 Å². The number of thioether (sulfide) groups is 1. The molecule has 0 aliphatic rings. The lowest BCUT2D eigenvalue weighted by atomic mass is 10.3. The number of hydrogen-bond acceptors (Lipinski definition) is 6. The van der Waals surface area contributed by atoms with Gasteiger partial charge in [-0.15, -0.1) is 11.3 Å². The number of benzene rings is 2. The number of hydrogen-bond donors (Lipinski definition) is 1. The number of anilines is 1. The van der Waals surface area contributed by atoms with Gasteiger partial charge in [0.15, 0.2) is 14.2 Å². The molecule has 1 heterocycles. The second-order valence-electron chi connectivity index (χ2n) is 5.44. The Morgan fingerprint density at radius 1 is 1.23 bits per heavy atom. The summed E-state index contributed by atoms with van der Waals surface area (Å²) >= 11 is 3.08. The van der Waals surface area contributed by atoms with E-state index in [9.17, 15) is 17.6 Å². The second-order valence-corrected chi connectivity index (χ2v) is 9.63. The predicted molar refractivity (Wildman–Crippen MR) is 103 cm³/mol. The van der Waals surface area contributed by atoms with Crippen LogP contribution in [0.2, 0.25) is 0 Å². The molecule has 3 aromatic rings. The molecule has 26 heavy (non-hydrogen) atoms. The zero-order chi connectivity index (χ0) is 18.7. The summed E-state index contributed by atoms with van der Waals surface area (Å²) in [5, 5.41) is 2.70. The zero-order valence-corrected chi connectivity index (χ0v) is 16.2. The van der Waals surface area contributed by atoms with Gasteiger partial charge in [-0.2, -0.15) is 0 Å². The van der Waals surface area contributed by atoms with Crippen molar-refractivity contribution in [1.82, 2.24) is 4.98 Å². The minimum absolute atomic E-state index is 0.00220. The first-order valence-corrected chi connectivity index (χ1v) is 11.3. The zero-order valence-electron chi connectivity index (χ0n) is 13.7. The monoisotopic (exact) mass is 410 g/mol. The van der Waals surface area contributed by atoms with E-state index >= 15 is 0 Å². The maximum Gasteiger partial charge on any atom is 0.225 e. The second kappa shape index (κ2) is 7.73. The Bertz CT molecular complexity index is 1050. The van der Waals surface area contributed by atoms with Crippen molar-refractivity contribution in [2.75, 3.05) is 17.3 Å². The number of sulfone groups is 1. The first kappa shape index (κ1) is 18.8. The molecule has 0 unspecified atom stereocenters. The Balaban J connectivity index is 1.64. The van der Waals surface area contributed by atoms with E-state index in [1.807, 2.05) is 18.4 Å². The highest BCUT2D eigenvalue weighted by molar-refractivity contribution is 8.00. The van der Waals surface area contributed by atoms with Gasteiger partial charge in [0, 0.05) is 12.1 Å². The van der Waals surface area contributed by atoms with Gasteiger partial charge in [-0.1, -0.05) is 11.8 Å². The standard InChI is InChI=1S/C17H15FN2O3S3/c1-24-17-20-14-7-4-12(10-15(14)25-17)19-16(21)8-9-26(22,23)13-5-2-11(18)3-6-13/h2-7,10H,8-9H2,1H3,(H,19,21). The van der Waals surface area contributed by atoms with Crippen LogP contribution in [0.1, 0.15) is 6.42 Å². The van der Waals surface area contributed by atoms with E-state index in [2.05, 4.69) is 10.3 Å². The predicted octanol–water partition coefficient (Wildman–Crippen LogP) is 3.96. The fourth-order valence-electron chi connectivity index (χ4n) is 2.28. The first-order chi connectivity index (χ1) is 12.4. The average molecular weight is 411 g/mol. The summed E-state index contributed by atoms with van der Waals surface area (Å²) in [7, 11) is -3.64. The summed E-state index contributed by atoms with van der Waals surface area (Å²) in [6, 6.07) is 9.93. The molecule has 0 saturated heterocycles. The Hall–Kier alpha value is -1.97. The minimum atomic E-state index is -3.64. The number of nitrogens with zero attached hydrogens (tertiary/aromatic N) is 1. The van der Waals surface area contributed by atoms with E-state index in [1.165, 1.54) is 23.5 Å². The van der Waals surface area contributed by atoms with Crippen molar-refractivity contribution in [3.8, 4) is 0 Å². The molecule has 0 radical (unpaired) electrons. The van der Waals surface area contributed by atoms with Crippen LogP contribution in [0.4, 0.5) is 10.1 Å². The van der Waals surface area contributed by atoms with Gasteiger partial charge in [0.2, 0.25) is 5.91 Å². The van der Waals surface area contributed by atoms with Crippen molar-refractivity contribution >= 4 is 54.7 Å². The van der Waals surface area contributed by atoms with Gasteiger partial charge in [-0.3, -0.25) is 4.79 Å². The van der Waals surface area contributed by atoms with Crippen LogP contribution in [0.25, 0.3) is 10.2 Å². The highest BCUT2D eigenvalue weighted by atomic mass is 32.2.